The van der Waals surface area contributed by atoms with Crippen LogP contribution < -0.4 is 16.0 Å². The van der Waals surface area contributed by atoms with Gasteiger partial charge in [-0.25, -0.2) is 9.59 Å². The van der Waals surface area contributed by atoms with Gasteiger partial charge in [-0.15, -0.1) is 0 Å². The van der Waals surface area contributed by atoms with Crippen LogP contribution in [0.5, 0.6) is 5.75 Å². The normalized spacial score (nSPS) is 10.2. The zero-order valence-corrected chi connectivity index (χ0v) is 10.6. The highest BCUT2D eigenvalue weighted by atomic mass is 16.5. The third-order valence-corrected chi connectivity index (χ3v) is 2.75. The summed E-state index contributed by atoms with van der Waals surface area (Å²) >= 11 is 0. The number of ether oxygens (including phenoxy) is 1. The van der Waals surface area contributed by atoms with Crippen molar-refractivity contribution in [3.63, 3.8) is 0 Å². The van der Waals surface area contributed by atoms with E-state index in [2.05, 4.69) is 0 Å². The molecule has 7 nitrogen and oxygen atoms in total. The van der Waals surface area contributed by atoms with Crippen LogP contribution in [0.2, 0.25) is 0 Å². The van der Waals surface area contributed by atoms with Gasteiger partial charge >= 0.3 is 11.7 Å². The van der Waals surface area contributed by atoms with Crippen molar-refractivity contribution in [1.29, 1.82) is 0 Å². The fourth-order valence-electron chi connectivity index (χ4n) is 1.71. The third-order valence-electron chi connectivity index (χ3n) is 2.75. The van der Waals surface area contributed by atoms with Crippen LogP contribution in [0.25, 0.3) is 0 Å². The second kappa shape index (κ2) is 5.43. The first-order valence-electron chi connectivity index (χ1n) is 5.71. The molecule has 0 bridgehead atoms. The van der Waals surface area contributed by atoms with Gasteiger partial charge in [0.2, 0.25) is 0 Å². The number of hydrogen-bond donors (Lipinski definition) is 2. The van der Waals surface area contributed by atoms with E-state index in [-0.39, 0.29) is 6.54 Å². The van der Waals surface area contributed by atoms with Crippen LogP contribution in [0.3, 0.4) is 0 Å². The first-order chi connectivity index (χ1) is 9.51. The van der Waals surface area contributed by atoms with Gasteiger partial charge in [0.05, 0.1) is 13.7 Å². The summed E-state index contributed by atoms with van der Waals surface area (Å²) in [4.78, 5) is 35.8. The van der Waals surface area contributed by atoms with Crippen molar-refractivity contribution in [1.82, 2.24) is 9.55 Å². The Labute approximate surface area is 113 Å². The molecular weight excluding hydrogens is 264 g/mol. The maximum atomic E-state index is 11.6. The minimum Gasteiger partial charge on any atom is -0.497 e. The Balaban J connectivity index is 2.37. The summed E-state index contributed by atoms with van der Waals surface area (Å²) < 4.78 is 6.15. The molecule has 2 aromatic rings. The predicted molar refractivity (Wildman–Crippen MR) is 70.4 cm³/mol. The molecule has 0 fully saturated rings. The number of aromatic nitrogens is 2. The fraction of sp³-hybridized carbons (Fsp3) is 0.154. The van der Waals surface area contributed by atoms with Crippen LogP contribution in [0.4, 0.5) is 0 Å². The molecule has 0 atom stereocenters. The number of hydrogen-bond acceptors (Lipinski definition) is 4. The highest BCUT2D eigenvalue weighted by Crippen LogP contribution is 2.11. The van der Waals surface area contributed by atoms with Crippen LogP contribution in [0.1, 0.15) is 15.9 Å². The first kappa shape index (κ1) is 13.6. The molecule has 20 heavy (non-hydrogen) atoms. The van der Waals surface area contributed by atoms with E-state index in [4.69, 9.17) is 9.84 Å². The Hall–Kier alpha value is -2.83. The molecule has 0 amide bonds. The lowest BCUT2D eigenvalue weighted by Gasteiger charge is -2.07. The van der Waals surface area contributed by atoms with Gasteiger partial charge in [-0.3, -0.25) is 14.3 Å². The Bertz CT molecular complexity index is 743. The molecule has 0 aliphatic carbocycles. The monoisotopic (exact) mass is 276 g/mol. The lowest BCUT2D eigenvalue weighted by atomic mass is 10.2. The van der Waals surface area contributed by atoms with Gasteiger partial charge in [-0.05, 0) is 17.7 Å². The van der Waals surface area contributed by atoms with Gasteiger partial charge in [-0.2, -0.15) is 0 Å². The second-order valence-electron chi connectivity index (χ2n) is 4.08. The maximum absolute atomic E-state index is 11.6. The fourth-order valence-corrected chi connectivity index (χ4v) is 1.71. The summed E-state index contributed by atoms with van der Waals surface area (Å²) in [7, 11) is 1.54. The number of carbonyl (C=O) groups is 1. The molecule has 7 heteroatoms. The van der Waals surface area contributed by atoms with Gasteiger partial charge < -0.3 is 9.84 Å². The average Bonchev–Trinajstić information content (AvgIpc) is 2.42. The number of aromatic carboxylic acids is 1. The van der Waals surface area contributed by atoms with Crippen molar-refractivity contribution in [3.8, 4) is 5.75 Å². The quantitative estimate of drug-likeness (QED) is 0.835. The Kier molecular flexibility index (Phi) is 3.69. The number of nitrogens with one attached hydrogen (secondary N) is 1. The SMILES string of the molecule is COc1ccc(Cn2cc(C(=O)O)c(=O)[nH]c2=O)cc1. The summed E-state index contributed by atoms with van der Waals surface area (Å²) in [5, 5.41) is 8.86. The maximum Gasteiger partial charge on any atom is 0.342 e. The third kappa shape index (κ3) is 2.77. The number of carboxylic acid groups (broad SMARTS) is 1. The largest absolute Gasteiger partial charge is 0.497 e. The van der Waals surface area contributed by atoms with Crippen LogP contribution in [-0.4, -0.2) is 27.7 Å². The topological polar surface area (TPSA) is 101 Å². The zero-order chi connectivity index (χ0) is 14.7. The van der Waals surface area contributed by atoms with Gasteiger partial charge in [-0.1, -0.05) is 12.1 Å². The van der Waals surface area contributed by atoms with E-state index in [0.29, 0.717) is 5.75 Å². The Morgan fingerprint density at radius 1 is 1.30 bits per heavy atom. The molecule has 0 aliphatic heterocycles. The molecule has 0 unspecified atom stereocenters. The van der Waals surface area contributed by atoms with Crippen LogP contribution >= 0.6 is 0 Å². The van der Waals surface area contributed by atoms with Crippen LogP contribution in [-0.2, 0) is 6.54 Å². The molecule has 0 aliphatic rings. The van der Waals surface area contributed by atoms with Crippen molar-refractivity contribution >= 4 is 5.97 Å². The Morgan fingerprint density at radius 3 is 2.50 bits per heavy atom. The van der Waals surface area contributed by atoms with E-state index in [9.17, 15) is 14.4 Å². The van der Waals surface area contributed by atoms with Gasteiger partial charge in [0.25, 0.3) is 5.56 Å². The second-order valence-corrected chi connectivity index (χ2v) is 4.08. The minimum absolute atomic E-state index is 0.153. The van der Waals surface area contributed by atoms with E-state index >= 15 is 0 Å². The molecule has 2 N–H and O–H groups in total. The summed E-state index contributed by atoms with van der Waals surface area (Å²) in [5.74, 6) is -0.705. The summed E-state index contributed by atoms with van der Waals surface area (Å²) in [6, 6.07) is 6.95. The molecule has 0 saturated heterocycles. The van der Waals surface area contributed by atoms with Crippen molar-refractivity contribution in [3.05, 3.63) is 62.4 Å². The van der Waals surface area contributed by atoms with Crippen LogP contribution in [0, 0.1) is 0 Å². The van der Waals surface area contributed by atoms with E-state index < -0.39 is 22.8 Å². The number of nitrogens with zero attached hydrogens (tertiary/aromatic N) is 1. The van der Waals surface area contributed by atoms with E-state index in [1.54, 1.807) is 31.4 Å². The van der Waals surface area contributed by atoms with Crippen molar-refractivity contribution in [2.45, 2.75) is 6.54 Å². The zero-order valence-electron chi connectivity index (χ0n) is 10.6. The highest BCUT2D eigenvalue weighted by Gasteiger charge is 2.11. The molecule has 0 spiro atoms. The Morgan fingerprint density at radius 2 is 1.95 bits per heavy atom. The number of carboxylic acids is 1. The van der Waals surface area contributed by atoms with E-state index in [1.807, 2.05) is 4.98 Å². The molecular formula is C13H12N2O5. The molecule has 104 valence electrons. The first-order valence-corrected chi connectivity index (χ1v) is 5.71. The van der Waals surface area contributed by atoms with Crippen LogP contribution in [0.15, 0.2) is 40.1 Å². The number of benzene rings is 1. The minimum atomic E-state index is -1.38. The predicted octanol–water partition coefficient (Wildman–Crippen LogP) is 0.292. The summed E-state index contributed by atoms with van der Waals surface area (Å²) in [5.41, 5.74) is -1.27. The van der Waals surface area contributed by atoms with Gasteiger partial charge in [0.1, 0.15) is 11.3 Å². The number of methoxy groups -OCH3 is 1. The lowest BCUT2D eigenvalue weighted by Crippen LogP contribution is -2.33. The smallest absolute Gasteiger partial charge is 0.342 e. The molecule has 1 heterocycles. The number of H-pyrrole nitrogens is 1. The average molecular weight is 276 g/mol. The number of aromatic amines is 1. The van der Waals surface area contributed by atoms with Gasteiger partial charge in [0.15, 0.2) is 0 Å². The molecule has 0 radical (unpaired) electrons. The lowest BCUT2D eigenvalue weighted by molar-refractivity contribution is 0.0693. The number of rotatable bonds is 4. The highest BCUT2D eigenvalue weighted by molar-refractivity contribution is 5.86. The van der Waals surface area contributed by atoms with Gasteiger partial charge in [0, 0.05) is 6.20 Å². The molecule has 1 aromatic heterocycles. The molecule has 1 aromatic carbocycles. The van der Waals surface area contributed by atoms with Crippen molar-refractivity contribution < 1.29 is 14.6 Å². The summed E-state index contributed by atoms with van der Waals surface area (Å²) in [6.07, 6.45) is 1.04. The van der Waals surface area contributed by atoms with Crippen molar-refractivity contribution in [2.24, 2.45) is 0 Å². The standard InChI is InChI=1S/C13H12N2O5/c1-20-9-4-2-8(3-5-9)6-15-7-10(12(17)18)11(16)14-13(15)19/h2-5,7H,6H2,1H3,(H,17,18)(H,14,16,19). The van der Waals surface area contributed by atoms with E-state index in [0.717, 1.165) is 16.3 Å². The van der Waals surface area contributed by atoms with Crippen molar-refractivity contribution in [2.75, 3.05) is 7.11 Å². The summed E-state index contributed by atoms with van der Waals surface area (Å²) in [6.45, 7) is 0.153. The molecule has 2 rings (SSSR count). The van der Waals surface area contributed by atoms with E-state index in [1.165, 1.54) is 0 Å². The molecule has 0 saturated carbocycles.